The van der Waals surface area contributed by atoms with Crippen molar-refractivity contribution < 1.29 is 4.74 Å². The molecule has 2 N–H and O–H groups in total. The van der Waals surface area contributed by atoms with Gasteiger partial charge in [0, 0.05) is 16.6 Å². The molecule has 0 saturated carbocycles. The Morgan fingerprint density at radius 2 is 1.95 bits per heavy atom. The van der Waals surface area contributed by atoms with Gasteiger partial charge >= 0.3 is 0 Å². The lowest BCUT2D eigenvalue weighted by atomic mass is 10.1. The van der Waals surface area contributed by atoms with E-state index in [1.807, 2.05) is 43.3 Å². The zero-order valence-corrected chi connectivity index (χ0v) is 11.7. The predicted octanol–water partition coefficient (Wildman–Crippen LogP) is 4.57. The monoisotopic (exact) mass is 284 g/mol. The molecule has 0 atom stereocenters. The van der Waals surface area contributed by atoms with Gasteiger partial charge in [0.15, 0.2) is 5.75 Å². The van der Waals surface area contributed by atoms with Crippen LogP contribution in [0, 0.1) is 6.92 Å². The third-order valence-electron chi connectivity index (χ3n) is 3.16. The maximum absolute atomic E-state index is 6.16. The summed E-state index contributed by atoms with van der Waals surface area (Å²) in [5.41, 5.74) is 8.58. The van der Waals surface area contributed by atoms with E-state index in [-0.39, 0.29) is 0 Å². The number of ether oxygens (including phenoxy) is 1. The molecule has 0 aliphatic rings. The van der Waals surface area contributed by atoms with Crippen LogP contribution in [-0.2, 0) is 0 Å². The lowest BCUT2D eigenvalue weighted by Gasteiger charge is -2.12. The summed E-state index contributed by atoms with van der Waals surface area (Å²) in [5, 5.41) is 1.51. The molecule has 1 heterocycles. The Bertz CT molecular complexity index is 787. The third kappa shape index (κ3) is 2.28. The number of rotatable bonds is 2. The van der Waals surface area contributed by atoms with Crippen LogP contribution in [0.25, 0.3) is 10.9 Å². The molecule has 20 heavy (non-hydrogen) atoms. The highest BCUT2D eigenvalue weighted by Gasteiger charge is 2.09. The van der Waals surface area contributed by atoms with Crippen LogP contribution in [0.2, 0.25) is 5.02 Å². The van der Waals surface area contributed by atoms with Crippen molar-refractivity contribution in [3.05, 3.63) is 59.2 Å². The fraction of sp³-hybridized carbons (Fsp3) is 0.0625. The number of pyridine rings is 1. The largest absolute Gasteiger partial charge is 0.455 e. The minimum Gasteiger partial charge on any atom is -0.455 e. The van der Waals surface area contributed by atoms with Crippen molar-refractivity contribution in [1.29, 1.82) is 0 Å². The van der Waals surface area contributed by atoms with E-state index in [4.69, 9.17) is 22.1 Å². The Labute approximate surface area is 122 Å². The standard InChI is InChI=1S/C16H13ClN2O/c1-10-4-5-11(17)9-15(10)20-14-7-6-13-12(16(14)18)3-2-8-19-13/h2-9H,18H2,1H3. The van der Waals surface area contributed by atoms with Crippen molar-refractivity contribution in [2.24, 2.45) is 0 Å². The summed E-state index contributed by atoms with van der Waals surface area (Å²) in [6, 6.07) is 13.0. The van der Waals surface area contributed by atoms with Gasteiger partial charge in [-0.3, -0.25) is 4.98 Å². The molecular weight excluding hydrogens is 272 g/mol. The van der Waals surface area contributed by atoms with E-state index >= 15 is 0 Å². The van der Waals surface area contributed by atoms with E-state index in [9.17, 15) is 0 Å². The molecule has 0 aliphatic heterocycles. The van der Waals surface area contributed by atoms with Crippen LogP contribution in [0.5, 0.6) is 11.5 Å². The molecule has 0 saturated heterocycles. The normalized spacial score (nSPS) is 10.7. The molecule has 3 nitrogen and oxygen atoms in total. The van der Waals surface area contributed by atoms with Gasteiger partial charge in [-0.2, -0.15) is 0 Å². The first-order valence-corrected chi connectivity index (χ1v) is 6.60. The number of hydrogen-bond donors (Lipinski definition) is 1. The molecule has 2 aromatic carbocycles. The second-order valence-electron chi connectivity index (χ2n) is 4.56. The predicted molar refractivity (Wildman–Crippen MR) is 82.4 cm³/mol. The number of anilines is 1. The van der Waals surface area contributed by atoms with Crippen molar-refractivity contribution in [3.63, 3.8) is 0 Å². The maximum Gasteiger partial charge on any atom is 0.151 e. The second kappa shape index (κ2) is 5.02. The molecule has 0 spiro atoms. The first-order chi connectivity index (χ1) is 9.65. The topological polar surface area (TPSA) is 48.1 Å². The van der Waals surface area contributed by atoms with Gasteiger partial charge in [-0.05, 0) is 48.9 Å². The lowest BCUT2D eigenvalue weighted by molar-refractivity contribution is 0.482. The van der Waals surface area contributed by atoms with Crippen LogP contribution >= 0.6 is 11.6 Å². The van der Waals surface area contributed by atoms with Crippen molar-refractivity contribution in [2.45, 2.75) is 6.92 Å². The molecule has 3 aromatic rings. The molecule has 1 aromatic heterocycles. The highest BCUT2D eigenvalue weighted by molar-refractivity contribution is 6.30. The lowest BCUT2D eigenvalue weighted by Crippen LogP contribution is -1.95. The Hall–Kier alpha value is -2.26. The van der Waals surface area contributed by atoms with Gasteiger partial charge in [0.05, 0.1) is 11.2 Å². The van der Waals surface area contributed by atoms with Gasteiger partial charge in [-0.1, -0.05) is 17.7 Å². The first-order valence-electron chi connectivity index (χ1n) is 6.22. The van der Waals surface area contributed by atoms with Crippen LogP contribution in [-0.4, -0.2) is 4.98 Å². The number of aryl methyl sites for hydroxylation is 1. The zero-order valence-electron chi connectivity index (χ0n) is 10.9. The first kappa shape index (κ1) is 12.8. The van der Waals surface area contributed by atoms with Crippen LogP contribution < -0.4 is 10.5 Å². The highest BCUT2D eigenvalue weighted by atomic mass is 35.5. The summed E-state index contributed by atoms with van der Waals surface area (Å²) in [7, 11) is 0. The molecule has 4 heteroatoms. The Balaban J connectivity index is 2.07. The van der Waals surface area contributed by atoms with Crippen LogP contribution in [0.3, 0.4) is 0 Å². The number of aromatic nitrogens is 1. The summed E-state index contributed by atoms with van der Waals surface area (Å²) in [6.07, 6.45) is 1.74. The van der Waals surface area contributed by atoms with Gasteiger partial charge in [-0.25, -0.2) is 0 Å². The fourth-order valence-electron chi connectivity index (χ4n) is 2.05. The average molecular weight is 285 g/mol. The molecule has 3 rings (SSSR count). The number of benzene rings is 2. The van der Waals surface area contributed by atoms with Crippen molar-refractivity contribution >= 4 is 28.2 Å². The average Bonchev–Trinajstić information content (AvgIpc) is 2.46. The van der Waals surface area contributed by atoms with Gasteiger partial charge in [0.2, 0.25) is 0 Å². The van der Waals surface area contributed by atoms with Crippen LogP contribution in [0.15, 0.2) is 48.7 Å². The van der Waals surface area contributed by atoms with E-state index < -0.39 is 0 Å². The summed E-state index contributed by atoms with van der Waals surface area (Å²) in [4.78, 5) is 4.27. The second-order valence-corrected chi connectivity index (χ2v) is 5.00. The van der Waals surface area contributed by atoms with Crippen LogP contribution in [0.1, 0.15) is 5.56 Å². The molecule has 0 bridgehead atoms. The third-order valence-corrected chi connectivity index (χ3v) is 3.39. The van der Waals surface area contributed by atoms with E-state index in [1.54, 1.807) is 12.3 Å². The number of hydrogen-bond acceptors (Lipinski definition) is 3. The van der Waals surface area contributed by atoms with Gasteiger partial charge in [-0.15, -0.1) is 0 Å². The number of halogens is 1. The van der Waals surface area contributed by atoms with E-state index in [0.717, 1.165) is 16.5 Å². The smallest absolute Gasteiger partial charge is 0.151 e. The zero-order chi connectivity index (χ0) is 14.1. The fourth-order valence-corrected chi connectivity index (χ4v) is 2.21. The Morgan fingerprint density at radius 3 is 2.80 bits per heavy atom. The summed E-state index contributed by atoms with van der Waals surface area (Å²) in [6.45, 7) is 1.96. The van der Waals surface area contributed by atoms with Crippen molar-refractivity contribution in [1.82, 2.24) is 4.98 Å². The number of fused-ring (bicyclic) bond motifs is 1. The summed E-state index contributed by atoms with van der Waals surface area (Å²) in [5.74, 6) is 1.31. The minimum absolute atomic E-state index is 0.579. The number of nitrogens with zero attached hydrogens (tertiary/aromatic N) is 1. The van der Waals surface area contributed by atoms with Gasteiger partial charge in [0.1, 0.15) is 5.75 Å². The quantitative estimate of drug-likeness (QED) is 0.701. The number of nitrogen functional groups attached to an aromatic ring is 1. The van der Waals surface area contributed by atoms with Crippen molar-refractivity contribution in [2.75, 3.05) is 5.73 Å². The molecule has 100 valence electrons. The van der Waals surface area contributed by atoms with Crippen LogP contribution in [0.4, 0.5) is 5.69 Å². The van der Waals surface area contributed by atoms with Gasteiger partial charge in [0.25, 0.3) is 0 Å². The molecule has 0 unspecified atom stereocenters. The molecule has 0 aliphatic carbocycles. The molecule has 0 amide bonds. The summed E-state index contributed by atoms with van der Waals surface area (Å²) >= 11 is 6.00. The Kier molecular flexibility index (Phi) is 3.20. The SMILES string of the molecule is Cc1ccc(Cl)cc1Oc1ccc2ncccc2c1N. The van der Waals surface area contributed by atoms with E-state index in [1.165, 1.54) is 0 Å². The van der Waals surface area contributed by atoms with E-state index in [2.05, 4.69) is 4.98 Å². The molecule has 0 fully saturated rings. The number of nitrogens with two attached hydrogens (primary N) is 1. The van der Waals surface area contributed by atoms with E-state index in [0.29, 0.717) is 22.2 Å². The Morgan fingerprint density at radius 1 is 1.10 bits per heavy atom. The molecule has 0 radical (unpaired) electrons. The summed E-state index contributed by atoms with van der Waals surface area (Å²) < 4.78 is 5.89. The maximum atomic E-state index is 6.16. The van der Waals surface area contributed by atoms with Gasteiger partial charge < -0.3 is 10.5 Å². The minimum atomic E-state index is 0.579. The van der Waals surface area contributed by atoms with Crippen molar-refractivity contribution in [3.8, 4) is 11.5 Å². The molecular formula is C16H13ClN2O. The highest BCUT2D eigenvalue weighted by Crippen LogP contribution is 2.35.